The summed E-state index contributed by atoms with van der Waals surface area (Å²) in [6.45, 7) is 2.23. The van der Waals surface area contributed by atoms with Crippen molar-refractivity contribution < 1.29 is 4.74 Å². The van der Waals surface area contributed by atoms with Gasteiger partial charge in [0.2, 0.25) is 0 Å². The first kappa shape index (κ1) is 16.3. The van der Waals surface area contributed by atoms with Gasteiger partial charge in [0.05, 0.1) is 0 Å². The van der Waals surface area contributed by atoms with Crippen LogP contribution in [0.5, 0.6) is 5.75 Å². The first-order chi connectivity index (χ1) is 10.3. The first-order valence-electron chi connectivity index (χ1n) is 7.70. The number of ether oxygens (including phenoxy) is 1. The number of hydrogen-bond acceptors (Lipinski definition) is 3. The predicted octanol–water partition coefficient (Wildman–Crippen LogP) is 3.85. The number of rotatable bonds is 7. The van der Waals surface area contributed by atoms with Crippen molar-refractivity contribution in [3.8, 4) is 18.1 Å². The Labute approximate surface area is 133 Å². The zero-order valence-electron chi connectivity index (χ0n) is 12.9. The van der Waals surface area contributed by atoms with E-state index < -0.39 is 0 Å². The zero-order chi connectivity index (χ0) is 15.0. The average Bonchev–Trinajstić information content (AvgIpc) is 2.55. The Morgan fingerprint density at radius 2 is 2.05 bits per heavy atom. The van der Waals surface area contributed by atoms with Crippen molar-refractivity contribution in [1.29, 1.82) is 0 Å². The number of benzene rings is 1. The summed E-state index contributed by atoms with van der Waals surface area (Å²) in [5.74, 6) is 3.41. The van der Waals surface area contributed by atoms with E-state index in [0.717, 1.165) is 18.8 Å². The van der Waals surface area contributed by atoms with Gasteiger partial charge in [0, 0.05) is 23.4 Å². The van der Waals surface area contributed by atoms with Crippen LogP contribution in [0.25, 0.3) is 0 Å². The van der Waals surface area contributed by atoms with E-state index in [9.17, 15) is 0 Å². The SMILES string of the molecule is C#CCOc1ccccc1CNCC1(SC)CCCCC1. The van der Waals surface area contributed by atoms with Gasteiger partial charge in [-0.2, -0.15) is 11.8 Å². The summed E-state index contributed by atoms with van der Waals surface area (Å²) >= 11 is 2.03. The summed E-state index contributed by atoms with van der Waals surface area (Å²) in [6.07, 6.45) is 14.3. The molecule has 3 heteroatoms. The summed E-state index contributed by atoms with van der Waals surface area (Å²) in [4.78, 5) is 0. The molecule has 0 radical (unpaired) electrons. The maximum absolute atomic E-state index is 5.60. The predicted molar refractivity (Wildman–Crippen MR) is 91.8 cm³/mol. The van der Waals surface area contributed by atoms with Crippen molar-refractivity contribution in [2.45, 2.75) is 43.4 Å². The molecular weight excluding hydrogens is 278 g/mol. The Bertz CT molecular complexity index is 474. The van der Waals surface area contributed by atoms with Crippen LogP contribution in [0, 0.1) is 12.3 Å². The van der Waals surface area contributed by atoms with Gasteiger partial charge >= 0.3 is 0 Å². The van der Waals surface area contributed by atoms with E-state index in [2.05, 4.69) is 23.6 Å². The second-order valence-corrected chi connectivity index (χ2v) is 6.93. The lowest BCUT2D eigenvalue weighted by atomic mass is 9.88. The number of nitrogens with one attached hydrogen (secondary N) is 1. The van der Waals surface area contributed by atoms with Gasteiger partial charge in [0.25, 0.3) is 0 Å². The Morgan fingerprint density at radius 3 is 2.76 bits per heavy atom. The summed E-state index contributed by atoms with van der Waals surface area (Å²) in [7, 11) is 0. The molecule has 0 spiro atoms. The average molecular weight is 303 g/mol. The van der Waals surface area contributed by atoms with Crippen molar-refractivity contribution in [2.24, 2.45) is 0 Å². The molecule has 2 rings (SSSR count). The maximum Gasteiger partial charge on any atom is 0.148 e. The van der Waals surface area contributed by atoms with Crippen LogP contribution in [-0.2, 0) is 6.54 Å². The third kappa shape index (κ3) is 4.69. The van der Waals surface area contributed by atoms with Crippen LogP contribution in [0.4, 0.5) is 0 Å². The summed E-state index contributed by atoms with van der Waals surface area (Å²) < 4.78 is 6.02. The number of hydrogen-bond donors (Lipinski definition) is 1. The molecule has 0 heterocycles. The van der Waals surface area contributed by atoms with Crippen LogP contribution in [0.3, 0.4) is 0 Å². The Morgan fingerprint density at radius 1 is 1.29 bits per heavy atom. The smallest absolute Gasteiger partial charge is 0.148 e. The molecular formula is C18H25NOS. The van der Waals surface area contributed by atoms with Gasteiger partial charge in [0.15, 0.2) is 0 Å². The van der Waals surface area contributed by atoms with Gasteiger partial charge in [-0.05, 0) is 25.2 Å². The third-order valence-corrected chi connectivity index (χ3v) is 5.66. The minimum absolute atomic E-state index is 0.325. The largest absolute Gasteiger partial charge is 0.481 e. The fraction of sp³-hybridized carbons (Fsp3) is 0.556. The number of para-hydroxylation sites is 1. The molecule has 1 fully saturated rings. The van der Waals surface area contributed by atoms with Crippen LogP contribution in [-0.4, -0.2) is 24.2 Å². The Kier molecular flexibility index (Phi) is 6.48. The Balaban J connectivity index is 1.89. The molecule has 1 aromatic rings. The molecule has 1 N–H and O–H groups in total. The van der Waals surface area contributed by atoms with Crippen LogP contribution < -0.4 is 10.1 Å². The van der Waals surface area contributed by atoms with Gasteiger partial charge in [-0.25, -0.2) is 0 Å². The fourth-order valence-electron chi connectivity index (χ4n) is 2.98. The molecule has 1 aromatic carbocycles. The molecule has 21 heavy (non-hydrogen) atoms. The molecule has 0 atom stereocenters. The second kappa shape index (κ2) is 8.36. The summed E-state index contributed by atoms with van der Waals surface area (Å²) in [5.41, 5.74) is 1.18. The highest BCUT2D eigenvalue weighted by Crippen LogP contribution is 2.38. The van der Waals surface area contributed by atoms with Crippen LogP contribution in [0.1, 0.15) is 37.7 Å². The topological polar surface area (TPSA) is 21.3 Å². The summed E-state index contributed by atoms with van der Waals surface area (Å²) in [5, 5.41) is 3.63. The van der Waals surface area contributed by atoms with Gasteiger partial charge in [-0.3, -0.25) is 0 Å². The lowest BCUT2D eigenvalue weighted by Gasteiger charge is -2.36. The van der Waals surface area contributed by atoms with Gasteiger partial charge in [-0.1, -0.05) is 43.4 Å². The molecule has 1 aliphatic carbocycles. The molecule has 0 aromatic heterocycles. The van der Waals surface area contributed by atoms with Crippen molar-refractivity contribution in [1.82, 2.24) is 5.32 Å². The second-order valence-electron chi connectivity index (χ2n) is 5.65. The molecule has 1 aliphatic rings. The molecule has 0 aliphatic heterocycles. The molecule has 2 nitrogen and oxygen atoms in total. The molecule has 1 saturated carbocycles. The molecule has 0 saturated heterocycles. The summed E-state index contributed by atoms with van der Waals surface area (Å²) in [6, 6.07) is 8.12. The highest BCUT2D eigenvalue weighted by molar-refractivity contribution is 8.00. The van der Waals surface area contributed by atoms with E-state index in [1.54, 1.807) is 0 Å². The lowest BCUT2D eigenvalue weighted by molar-refractivity contribution is 0.359. The fourth-order valence-corrected chi connectivity index (χ4v) is 3.93. The number of thioether (sulfide) groups is 1. The lowest BCUT2D eigenvalue weighted by Crippen LogP contribution is -2.39. The van der Waals surface area contributed by atoms with Crippen LogP contribution in [0.15, 0.2) is 24.3 Å². The minimum atomic E-state index is 0.325. The van der Waals surface area contributed by atoms with Gasteiger partial charge in [0.1, 0.15) is 12.4 Å². The standard InChI is InChI=1S/C18H25NOS/c1-3-13-20-17-10-6-5-9-16(17)14-19-15-18(21-2)11-7-4-8-12-18/h1,5-6,9-10,19H,4,7-8,11-15H2,2H3. The molecule has 0 unspecified atom stereocenters. The van der Waals surface area contributed by atoms with Crippen molar-refractivity contribution in [3.05, 3.63) is 29.8 Å². The quantitative estimate of drug-likeness (QED) is 0.773. The monoisotopic (exact) mass is 303 g/mol. The van der Waals surface area contributed by atoms with Crippen molar-refractivity contribution in [3.63, 3.8) is 0 Å². The number of terminal acetylenes is 1. The van der Waals surface area contributed by atoms with Gasteiger partial charge in [-0.15, -0.1) is 6.42 Å². The van der Waals surface area contributed by atoms with E-state index in [4.69, 9.17) is 11.2 Å². The van der Waals surface area contributed by atoms with E-state index in [1.165, 1.54) is 37.7 Å². The highest BCUT2D eigenvalue weighted by Gasteiger charge is 2.30. The Hall–Kier alpha value is -1.11. The van der Waals surface area contributed by atoms with E-state index >= 15 is 0 Å². The van der Waals surface area contributed by atoms with Gasteiger partial charge < -0.3 is 10.1 Å². The van der Waals surface area contributed by atoms with E-state index in [0.29, 0.717) is 11.4 Å². The van der Waals surface area contributed by atoms with E-state index in [1.807, 2.05) is 30.0 Å². The normalized spacial score (nSPS) is 17.1. The van der Waals surface area contributed by atoms with Crippen LogP contribution in [0.2, 0.25) is 0 Å². The van der Waals surface area contributed by atoms with Crippen molar-refractivity contribution >= 4 is 11.8 Å². The molecule has 114 valence electrons. The van der Waals surface area contributed by atoms with Crippen molar-refractivity contribution in [2.75, 3.05) is 19.4 Å². The minimum Gasteiger partial charge on any atom is -0.481 e. The molecule has 0 bridgehead atoms. The highest BCUT2D eigenvalue weighted by atomic mass is 32.2. The molecule has 0 amide bonds. The van der Waals surface area contributed by atoms with Crippen LogP contribution >= 0.6 is 11.8 Å². The third-order valence-electron chi connectivity index (χ3n) is 4.24. The maximum atomic E-state index is 5.60. The first-order valence-corrected chi connectivity index (χ1v) is 8.92. The zero-order valence-corrected chi connectivity index (χ0v) is 13.7. The van der Waals surface area contributed by atoms with E-state index in [-0.39, 0.29) is 0 Å².